The van der Waals surface area contributed by atoms with E-state index >= 15 is 0 Å². The van der Waals surface area contributed by atoms with Crippen molar-refractivity contribution >= 4 is 23.6 Å². The summed E-state index contributed by atoms with van der Waals surface area (Å²) in [6.07, 6.45) is 0.885. The van der Waals surface area contributed by atoms with E-state index in [-0.39, 0.29) is 19.0 Å². The first-order valence-corrected chi connectivity index (χ1v) is 7.04. The number of hydrogen-bond donors (Lipinski definition) is 2. The van der Waals surface area contributed by atoms with E-state index in [0.717, 1.165) is 17.9 Å². The highest BCUT2D eigenvalue weighted by atomic mass is 32.2. The molecule has 0 rings (SSSR count). The van der Waals surface area contributed by atoms with Crippen LogP contribution < -0.4 is 5.32 Å². The molecular formula is C11H22N2O3S. The fourth-order valence-electron chi connectivity index (χ4n) is 1.27. The minimum atomic E-state index is -0.894. The number of carboxylic acids is 1. The van der Waals surface area contributed by atoms with Crippen molar-refractivity contribution in [2.45, 2.75) is 20.3 Å². The largest absolute Gasteiger partial charge is 0.480 e. The summed E-state index contributed by atoms with van der Waals surface area (Å²) in [6.45, 7) is 5.39. The number of rotatable bonds is 10. The summed E-state index contributed by atoms with van der Waals surface area (Å²) in [5, 5.41) is 11.5. The van der Waals surface area contributed by atoms with Crippen LogP contribution in [0.2, 0.25) is 0 Å². The van der Waals surface area contributed by atoms with Gasteiger partial charge in [0, 0.05) is 18.8 Å². The van der Waals surface area contributed by atoms with Crippen LogP contribution in [0.15, 0.2) is 0 Å². The molecule has 0 aromatic rings. The quantitative estimate of drug-likeness (QED) is 0.566. The number of carbonyl (C=O) groups is 2. The molecule has 17 heavy (non-hydrogen) atoms. The molecule has 5 nitrogen and oxygen atoms in total. The zero-order valence-electron chi connectivity index (χ0n) is 10.6. The molecule has 100 valence electrons. The fraction of sp³-hybridized carbons (Fsp3) is 0.818. The lowest BCUT2D eigenvalue weighted by atomic mass is 10.4. The number of aliphatic carboxylic acids is 1. The van der Waals surface area contributed by atoms with E-state index in [1.54, 1.807) is 16.7 Å². The lowest BCUT2D eigenvalue weighted by Gasteiger charge is -2.19. The second kappa shape index (κ2) is 10.4. The Balaban J connectivity index is 3.98. The Labute approximate surface area is 107 Å². The average Bonchev–Trinajstić information content (AvgIpc) is 2.25. The second-order valence-corrected chi connectivity index (χ2v) is 5.05. The fourth-order valence-corrected chi connectivity index (χ4v) is 1.94. The SMILES string of the molecule is CCCNC(=O)CN(CCSCC)CC(=O)O. The smallest absolute Gasteiger partial charge is 0.317 e. The topological polar surface area (TPSA) is 69.6 Å². The van der Waals surface area contributed by atoms with Gasteiger partial charge in [-0.3, -0.25) is 14.5 Å². The molecule has 0 aromatic heterocycles. The molecule has 6 heteroatoms. The summed E-state index contributed by atoms with van der Waals surface area (Å²) < 4.78 is 0. The Morgan fingerprint density at radius 2 is 2.00 bits per heavy atom. The molecule has 0 spiro atoms. The Morgan fingerprint density at radius 1 is 1.29 bits per heavy atom. The van der Waals surface area contributed by atoms with Gasteiger partial charge in [0.25, 0.3) is 0 Å². The molecule has 0 aromatic carbocycles. The molecule has 0 unspecified atom stereocenters. The number of amides is 1. The Kier molecular flexibility index (Phi) is 9.95. The van der Waals surface area contributed by atoms with Crippen molar-refractivity contribution in [2.75, 3.05) is 37.7 Å². The Bertz CT molecular complexity index is 237. The highest BCUT2D eigenvalue weighted by Gasteiger charge is 2.13. The average molecular weight is 262 g/mol. The molecular weight excluding hydrogens is 240 g/mol. The predicted octanol–water partition coefficient (Wildman–Crippen LogP) is 0.652. The number of carboxylic acid groups (broad SMARTS) is 1. The molecule has 0 bridgehead atoms. The van der Waals surface area contributed by atoms with Gasteiger partial charge in [-0.05, 0) is 12.2 Å². The summed E-state index contributed by atoms with van der Waals surface area (Å²) >= 11 is 1.74. The van der Waals surface area contributed by atoms with Crippen molar-refractivity contribution in [1.29, 1.82) is 0 Å². The van der Waals surface area contributed by atoms with E-state index in [9.17, 15) is 9.59 Å². The molecule has 0 aliphatic heterocycles. The summed E-state index contributed by atoms with van der Waals surface area (Å²) in [4.78, 5) is 23.8. The molecule has 0 aliphatic carbocycles. The van der Waals surface area contributed by atoms with E-state index in [1.165, 1.54) is 0 Å². The maximum Gasteiger partial charge on any atom is 0.317 e. The van der Waals surface area contributed by atoms with Gasteiger partial charge in [-0.1, -0.05) is 13.8 Å². The van der Waals surface area contributed by atoms with Crippen molar-refractivity contribution in [1.82, 2.24) is 10.2 Å². The zero-order chi connectivity index (χ0) is 13.1. The molecule has 0 radical (unpaired) electrons. The van der Waals surface area contributed by atoms with Crippen LogP contribution in [-0.4, -0.2) is 59.6 Å². The third-order valence-electron chi connectivity index (χ3n) is 2.05. The van der Waals surface area contributed by atoms with Gasteiger partial charge in [0.15, 0.2) is 0 Å². The highest BCUT2D eigenvalue weighted by Crippen LogP contribution is 2.00. The minimum absolute atomic E-state index is 0.0795. The van der Waals surface area contributed by atoms with Crippen molar-refractivity contribution < 1.29 is 14.7 Å². The highest BCUT2D eigenvalue weighted by molar-refractivity contribution is 7.99. The maximum absolute atomic E-state index is 11.5. The molecule has 2 N–H and O–H groups in total. The van der Waals surface area contributed by atoms with E-state index < -0.39 is 5.97 Å². The van der Waals surface area contributed by atoms with Crippen LogP contribution >= 0.6 is 11.8 Å². The van der Waals surface area contributed by atoms with Crippen molar-refractivity contribution in [3.8, 4) is 0 Å². The Morgan fingerprint density at radius 3 is 2.53 bits per heavy atom. The van der Waals surface area contributed by atoms with Gasteiger partial charge in [0.2, 0.25) is 5.91 Å². The van der Waals surface area contributed by atoms with Crippen LogP contribution in [0.1, 0.15) is 20.3 Å². The number of hydrogen-bond acceptors (Lipinski definition) is 4. The predicted molar refractivity (Wildman–Crippen MR) is 70.4 cm³/mol. The molecule has 0 saturated carbocycles. The van der Waals surface area contributed by atoms with Gasteiger partial charge >= 0.3 is 5.97 Å². The first kappa shape index (κ1) is 16.2. The number of nitrogens with zero attached hydrogens (tertiary/aromatic N) is 1. The van der Waals surface area contributed by atoms with E-state index in [0.29, 0.717) is 13.1 Å². The molecule has 1 amide bonds. The van der Waals surface area contributed by atoms with Gasteiger partial charge in [0.1, 0.15) is 0 Å². The van der Waals surface area contributed by atoms with Crippen LogP contribution in [0.3, 0.4) is 0 Å². The third kappa shape index (κ3) is 10.1. The second-order valence-electron chi connectivity index (χ2n) is 3.65. The molecule has 0 aliphatic rings. The monoisotopic (exact) mass is 262 g/mol. The third-order valence-corrected chi connectivity index (χ3v) is 2.93. The Hall–Kier alpha value is -0.750. The number of thioether (sulfide) groups is 1. The van der Waals surface area contributed by atoms with Gasteiger partial charge in [-0.25, -0.2) is 0 Å². The maximum atomic E-state index is 11.5. The standard InChI is InChI=1S/C11H22N2O3S/c1-3-5-12-10(14)8-13(9-11(15)16)6-7-17-4-2/h3-9H2,1-2H3,(H,12,14)(H,15,16). The summed E-state index contributed by atoms with van der Waals surface area (Å²) in [7, 11) is 0. The first-order valence-electron chi connectivity index (χ1n) is 5.88. The molecule has 0 saturated heterocycles. The molecule has 0 heterocycles. The summed E-state index contributed by atoms with van der Waals surface area (Å²) in [6, 6.07) is 0. The summed E-state index contributed by atoms with van der Waals surface area (Å²) in [5.74, 6) is 0.859. The van der Waals surface area contributed by atoms with Crippen LogP contribution in [0, 0.1) is 0 Å². The van der Waals surface area contributed by atoms with E-state index in [1.807, 2.05) is 6.92 Å². The normalized spacial score (nSPS) is 10.5. The van der Waals surface area contributed by atoms with Crippen molar-refractivity contribution in [3.05, 3.63) is 0 Å². The van der Waals surface area contributed by atoms with Gasteiger partial charge in [-0.15, -0.1) is 0 Å². The van der Waals surface area contributed by atoms with Gasteiger partial charge in [0.05, 0.1) is 13.1 Å². The summed E-state index contributed by atoms with van der Waals surface area (Å²) in [5.41, 5.74) is 0. The minimum Gasteiger partial charge on any atom is -0.480 e. The van der Waals surface area contributed by atoms with E-state index in [4.69, 9.17) is 5.11 Å². The van der Waals surface area contributed by atoms with Crippen LogP contribution in [-0.2, 0) is 9.59 Å². The molecule has 0 fully saturated rings. The van der Waals surface area contributed by atoms with Crippen LogP contribution in [0.4, 0.5) is 0 Å². The first-order chi connectivity index (χ1) is 8.10. The van der Waals surface area contributed by atoms with Gasteiger partial charge in [-0.2, -0.15) is 11.8 Å². The lowest BCUT2D eigenvalue weighted by molar-refractivity contribution is -0.138. The van der Waals surface area contributed by atoms with E-state index in [2.05, 4.69) is 12.2 Å². The number of nitrogens with one attached hydrogen (secondary N) is 1. The van der Waals surface area contributed by atoms with Crippen molar-refractivity contribution in [3.63, 3.8) is 0 Å². The van der Waals surface area contributed by atoms with Crippen molar-refractivity contribution in [2.24, 2.45) is 0 Å². The number of carbonyl (C=O) groups excluding carboxylic acids is 1. The van der Waals surface area contributed by atoms with Crippen LogP contribution in [0.5, 0.6) is 0 Å². The van der Waals surface area contributed by atoms with Crippen LogP contribution in [0.25, 0.3) is 0 Å². The van der Waals surface area contributed by atoms with Gasteiger partial charge < -0.3 is 10.4 Å². The lowest BCUT2D eigenvalue weighted by Crippen LogP contribution is -2.41. The zero-order valence-corrected chi connectivity index (χ0v) is 11.4. The molecule has 0 atom stereocenters.